The summed E-state index contributed by atoms with van der Waals surface area (Å²) < 4.78 is 6.31. The lowest BCUT2D eigenvalue weighted by Crippen LogP contribution is -2.63. The van der Waals surface area contributed by atoms with Crippen molar-refractivity contribution in [3.05, 3.63) is 29.3 Å². The second-order valence-electron chi connectivity index (χ2n) is 6.48. The summed E-state index contributed by atoms with van der Waals surface area (Å²) in [4.78, 5) is 0. The number of hydrogen-bond donors (Lipinski definition) is 1. The van der Waals surface area contributed by atoms with E-state index in [-0.39, 0.29) is 5.41 Å². The van der Waals surface area contributed by atoms with Crippen LogP contribution in [0.4, 0.5) is 0 Å². The first-order chi connectivity index (χ1) is 9.51. The van der Waals surface area contributed by atoms with Crippen LogP contribution in [-0.2, 0) is 0 Å². The third-order valence-corrected chi connectivity index (χ3v) is 4.98. The van der Waals surface area contributed by atoms with Crippen LogP contribution in [0, 0.1) is 19.3 Å². The van der Waals surface area contributed by atoms with Crippen molar-refractivity contribution in [1.82, 2.24) is 5.32 Å². The zero-order valence-corrected chi connectivity index (χ0v) is 13.6. The third-order valence-electron chi connectivity index (χ3n) is 4.98. The number of aryl methyl sites for hydroxylation is 2. The average Bonchev–Trinajstić information content (AvgIpc) is 2.43. The van der Waals surface area contributed by atoms with E-state index in [2.05, 4.69) is 58.1 Å². The molecule has 1 saturated carbocycles. The molecule has 1 aromatic carbocycles. The number of ether oxygens (including phenoxy) is 1. The van der Waals surface area contributed by atoms with E-state index in [0.717, 1.165) is 25.1 Å². The van der Waals surface area contributed by atoms with Gasteiger partial charge in [0.25, 0.3) is 0 Å². The van der Waals surface area contributed by atoms with Gasteiger partial charge in [-0.25, -0.2) is 0 Å². The Balaban J connectivity index is 2.03. The largest absolute Gasteiger partial charge is 0.489 e. The molecule has 3 unspecified atom stereocenters. The molecule has 3 atom stereocenters. The molecule has 1 fully saturated rings. The monoisotopic (exact) mass is 275 g/mol. The lowest BCUT2D eigenvalue weighted by atomic mass is 9.61. The van der Waals surface area contributed by atoms with Gasteiger partial charge in [-0.05, 0) is 44.9 Å². The summed E-state index contributed by atoms with van der Waals surface area (Å²) in [6.07, 6.45) is 3.81. The molecule has 2 heteroatoms. The zero-order valence-electron chi connectivity index (χ0n) is 13.6. The van der Waals surface area contributed by atoms with E-state index in [9.17, 15) is 0 Å². The van der Waals surface area contributed by atoms with E-state index in [1.54, 1.807) is 0 Å². The van der Waals surface area contributed by atoms with E-state index in [0.29, 0.717) is 12.1 Å². The second kappa shape index (κ2) is 6.17. The van der Waals surface area contributed by atoms with Gasteiger partial charge >= 0.3 is 0 Å². The Morgan fingerprint density at radius 2 is 2.05 bits per heavy atom. The maximum atomic E-state index is 6.31. The second-order valence-corrected chi connectivity index (χ2v) is 6.48. The van der Waals surface area contributed by atoms with Crippen LogP contribution >= 0.6 is 0 Å². The van der Waals surface area contributed by atoms with Crippen molar-refractivity contribution >= 4 is 0 Å². The Kier molecular flexibility index (Phi) is 4.74. The Hall–Kier alpha value is -1.02. The summed E-state index contributed by atoms with van der Waals surface area (Å²) in [7, 11) is 0. The highest BCUT2D eigenvalue weighted by Gasteiger charge is 2.51. The molecule has 0 aliphatic heterocycles. The molecule has 0 spiro atoms. The van der Waals surface area contributed by atoms with E-state index < -0.39 is 0 Å². The van der Waals surface area contributed by atoms with Gasteiger partial charge < -0.3 is 10.1 Å². The zero-order chi connectivity index (χ0) is 14.8. The smallest absolute Gasteiger partial charge is 0.122 e. The summed E-state index contributed by atoms with van der Waals surface area (Å²) in [6, 6.07) is 7.05. The molecular formula is C18H29NO. The van der Waals surface area contributed by atoms with Crippen LogP contribution in [0.3, 0.4) is 0 Å². The first kappa shape index (κ1) is 15.4. The van der Waals surface area contributed by atoms with Crippen molar-refractivity contribution in [3.8, 4) is 5.75 Å². The topological polar surface area (TPSA) is 21.3 Å². The number of benzene rings is 1. The van der Waals surface area contributed by atoms with E-state index in [4.69, 9.17) is 4.74 Å². The molecule has 0 heterocycles. The summed E-state index contributed by atoms with van der Waals surface area (Å²) in [5.74, 6) is 1.05. The highest BCUT2D eigenvalue weighted by Crippen LogP contribution is 2.46. The van der Waals surface area contributed by atoms with Gasteiger partial charge in [0, 0.05) is 17.9 Å². The molecule has 0 amide bonds. The Labute approximate surface area is 123 Å². The third kappa shape index (κ3) is 2.85. The summed E-state index contributed by atoms with van der Waals surface area (Å²) in [5.41, 5.74) is 2.80. The van der Waals surface area contributed by atoms with Crippen LogP contribution in [0.1, 0.15) is 51.2 Å². The van der Waals surface area contributed by atoms with Gasteiger partial charge in [-0.1, -0.05) is 38.5 Å². The van der Waals surface area contributed by atoms with Gasteiger partial charge in [0.15, 0.2) is 0 Å². The molecule has 0 radical (unpaired) electrons. The Morgan fingerprint density at radius 3 is 2.65 bits per heavy atom. The van der Waals surface area contributed by atoms with Crippen LogP contribution < -0.4 is 10.1 Å². The van der Waals surface area contributed by atoms with Crippen LogP contribution in [0.2, 0.25) is 0 Å². The summed E-state index contributed by atoms with van der Waals surface area (Å²) in [6.45, 7) is 12.2. The van der Waals surface area contributed by atoms with E-state index in [1.807, 2.05) is 0 Å². The van der Waals surface area contributed by atoms with Crippen molar-refractivity contribution in [2.24, 2.45) is 5.41 Å². The van der Waals surface area contributed by atoms with Crippen molar-refractivity contribution in [1.29, 1.82) is 0 Å². The van der Waals surface area contributed by atoms with Gasteiger partial charge in [0.1, 0.15) is 11.9 Å². The van der Waals surface area contributed by atoms with Crippen LogP contribution in [0.5, 0.6) is 5.75 Å². The molecule has 0 bridgehead atoms. The van der Waals surface area contributed by atoms with E-state index in [1.165, 1.54) is 17.5 Å². The van der Waals surface area contributed by atoms with Gasteiger partial charge in [-0.15, -0.1) is 0 Å². The normalized spacial score (nSPS) is 29.1. The summed E-state index contributed by atoms with van der Waals surface area (Å²) in [5, 5.41) is 3.67. The molecule has 2 rings (SSSR count). The minimum Gasteiger partial charge on any atom is -0.489 e. The molecule has 0 aromatic heterocycles. The first-order valence-corrected chi connectivity index (χ1v) is 7.98. The van der Waals surface area contributed by atoms with Crippen molar-refractivity contribution in [2.45, 2.75) is 66.0 Å². The molecule has 0 saturated heterocycles. The maximum Gasteiger partial charge on any atom is 0.122 e. The quantitative estimate of drug-likeness (QED) is 0.838. The van der Waals surface area contributed by atoms with Crippen molar-refractivity contribution in [3.63, 3.8) is 0 Å². The van der Waals surface area contributed by atoms with Gasteiger partial charge in [-0.2, -0.15) is 0 Å². The van der Waals surface area contributed by atoms with Gasteiger partial charge in [-0.3, -0.25) is 0 Å². The maximum absolute atomic E-state index is 6.31. The van der Waals surface area contributed by atoms with Gasteiger partial charge in [0.2, 0.25) is 0 Å². The first-order valence-electron chi connectivity index (χ1n) is 7.98. The molecule has 1 N–H and O–H groups in total. The lowest BCUT2D eigenvalue weighted by molar-refractivity contribution is -0.0704. The Bertz CT molecular complexity index is 457. The SMILES string of the molecule is CCCNC1CC(Oc2ccc(C)cc2C)C1(C)CC. The molecule has 1 aliphatic carbocycles. The molecule has 20 heavy (non-hydrogen) atoms. The molecule has 112 valence electrons. The highest BCUT2D eigenvalue weighted by molar-refractivity contribution is 5.36. The fraction of sp³-hybridized carbons (Fsp3) is 0.667. The fourth-order valence-corrected chi connectivity index (χ4v) is 3.19. The highest BCUT2D eigenvalue weighted by atomic mass is 16.5. The predicted octanol–water partition coefficient (Wildman–Crippen LogP) is 4.24. The van der Waals surface area contributed by atoms with Crippen LogP contribution in [-0.4, -0.2) is 18.7 Å². The van der Waals surface area contributed by atoms with Crippen molar-refractivity contribution in [2.75, 3.05) is 6.54 Å². The van der Waals surface area contributed by atoms with Crippen LogP contribution in [0.15, 0.2) is 18.2 Å². The standard InChI is InChI=1S/C18H29NO/c1-6-10-19-16-12-17(18(16,5)7-2)20-15-9-8-13(3)11-14(15)4/h8-9,11,16-17,19H,6-7,10,12H2,1-5H3. The minimum absolute atomic E-state index is 0.256. The predicted molar refractivity (Wildman–Crippen MR) is 85.4 cm³/mol. The molecule has 1 aromatic rings. The molecule has 2 nitrogen and oxygen atoms in total. The fourth-order valence-electron chi connectivity index (χ4n) is 3.19. The molecular weight excluding hydrogens is 246 g/mol. The van der Waals surface area contributed by atoms with E-state index >= 15 is 0 Å². The van der Waals surface area contributed by atoms with Gasteiger partial charge in [0.05, 0.1) is 0 Å². The number of nitrogens with one attached hydrogen (secondary N) is 1. The van der Waals surface area contributed by atoms with Crippen LogP contribution in [0.25, 0.3) is 0 Å². The lowest BCUT2D eigenvalue weighted by Gasteiger charge is -2.53. The van der Waals surface area contributed by atoms with Crippen molar-refractivity contribution < 1.29 is 4.74 Å². The Morgan fingerprint density at radius 1 is 1.30 bits per heavy atom. The average molecular weight is 275 g/mol. The summed E-state index contributed by atoms with van der Waals surface area (Å²) >= 11 is 0. The molecule has 1 aliphatic rings. The minimum atomic E-state index is 0.256. The number of hydrogen-bond acceptors (Lipinski definition) is 2. The number of rotatable bonds is 6.